The van der Waals surface area contributed by atoms with Crippen LogP contribution in [0, 0.1) is 0 Å². The first-order valence-electron chi connectivity index (χ1n) is 6.38. The Hall–Kier alpha value is -1.26. The van der Waals surface area contributed by atoms with Crippen molar-refractivity contribution in [2.45, 2.75) is 25.7 Å². The van der Waals surface area contributed by atoms with Crippen LogP contribution in [0.4, 0.5) is 0 Å². The van der Waals surface area contributed by atoms with Gasteiger partial charge in [0.25, 0.3) is 0 Å². The van der Waals surface area contributed by atoms with Gasteiger partial charge in [-0.05, 0) is 43.5 Å². The second kappa shape index (κ2) is 10.6. The minimum absolute atomic E-state index is 0. The van der Waals surface area contributed by atoms with Crippen LogP contribution in [0.1, 0.15) is 24.8 Å². The number of unbranched alkanes of at least 4 members (excludes halogenated alkanes) is 1. The van der Waals surface area contributed by atoms with E-state index in [0.29, 0.717) is 19.6 Å². The van der Waals surface area contributed by atoms with E-state index in [0.717, 1.165) is 30.6 Å². The molecule has 19 heavy (non-hydrogen) atoms. The van der Waals surface area contributed by atoms with Crippen LogP contribution in [0.5, 0.6) is 5.75 Å². The second-order valence-electron chi connectivity index (χ2n) is 4.16. The molecule has 0 atom stereocenters. The molecule has 1 aromatic rings. The van der Waals surface area contributed by atoms with Crippen LogP contribution in [-0.4, -0.2) is 26.1 Å². The van der Waals surface area contributed by atoms with E-state index in [1.54, 1.807) is 7.05 Å². The molecule has 0 saturated heterocycles. The second-order valence-corrected chi connectivity index (χ2v) is 4.16. The molecule has 0 saturated carbocycles. The van der Waals surface area contributed by atoms with Crippen molar-refractivity contribution in [2.24, 2.45) is 5.73 Å². The predicted octanol–water partition coefficient (Wildman–Crippen LogP) is 1.90. The molecule has 4 nitrogen and oxygen atoms in total. The molecule has 0 spiro atoms. The van der Waals surface area contributed by atoms with E-state index in [4.69, 9.17) is 10.5 Å². The molecule has 3 N–H and O–H groups in total. The number of aryl methyl sites for hydroxylation is 1. The Balaban J connectivity index is 0.00000324. The summed E-state index contributed by atoms with van der Waals surface area (Å²) in [6, 6.07) is 7.89. The minimum Gasteiger partial charge on any atom is -0.494 e. The summed E-state index contributed by atoms with van der Waals surface area (Å²) in [4.78, 5) is 11.1. The van der Waals surface area contributed by atoms with E-state index in [9.17, 15) is 4.79 Å². The lowest BCUT2D eigenvalue weighted by Crippen LogP contribution is -2.17. The van der Waals surface area contributed by atoms with Gasteiger partial charge in [-0.25, -0.2) is 0 Å². The maximum atomic E-state index is 11.1. The number of ether oxygens (including phenoxy) is 1. The number of amides is 1. The number of halogens is 1. The molecule has 1 rings (SSSR count). The Kier molecular flexibility index (Phi) is 9.94. The molecule has 0 aliphatic rings. The number of hydrogen-bond acceptors (Lipinski definition) is 3. The van der Waals surface area contributed by atoms with Gasteiger partial charge in [0.2, 0.25) is 5.91 Å². The Bertz CT molecular complexity index is 355. The average Bonchev–Trinajstić information content (AvgIpc) is 2.42. The zero-order valence-corrected chi connectivity index (χ0v) is 12.2. The van der Waals surface area contributed by atoms with Crippen molar-refractivity contribution in [3.05, 3.63) is 29.8 Å². The summed E-state index contributed by atoms with van der Waals surface area (Å²) in [7, 11) is 1.65. The van der Waals surface area contributed by atoms with Gasteiger partial charge < -0.3 is 15.8 Å². The monoisotopic (exact) mass is 286 g/mol. The molecule has 0 aliphatic carbocycles. The Morgan fingerprint density at radius 3 is 2.53 bits per heavy atom. The first-order valence-corrected chi connectivity index (χ1v) is 6.38. The third-order valence-corrected chi connectivity index (χ3v) is 2.71. The summed E-state index contributed by atoms with van der Waals surface area (Å²) in [5.41, 5.74) is 6.56. The molecule has 0 bridgehead atoms. The van der Waals surface area contributed by atoms with Gasteiger partial charge in [-0.3, -0.25) is 4.79 Å². The van der Waals surface area contributed by atoms with E-state index < -0.39 is 0 Å². The zero-order valence-electron chi connectivity index (χ0n) is 11.4. The molecule has 1 amide bonds. The predicted molar refractivity (Wildman–Crippen MR) is 79.9 cm³/mol. The lowest BCUT2D eigenvalue weighted by Gasteiger charge is -2.06. The van der Waals surface area contributed by atoms with E-state index in [-0.39, 0.29) is 18.3 Å². The highest BCUT2D eigenvalue weighted by molar-refractivity contribution is 5.85. The van der Waals surface area contributed by atoms with Gasteiger partial charge in [-0.1, -0.05) is 12.1 Å². The third-order valence-electron chi connectivity index (χ3n) is 2.71. The quantitative estimate of drug-likeness (QED) is 0.718. The molecule has 1 aromatic carbocycles. The van der Waals surface area contributed by atoms with Crippen LogP contribution in [0.25, 0.3) is 0 Å². The first kappa shape index (κ1) is 17.7. The van der Waals surface area contributed by atoms with Crippen LogP contribution < -0.4 is 15.8 Å². The maximum absolute atomic E-state index is 11.1. The summed E-state index contributed by atoms with van der Waals surface area (Å²) in [5.74, 6) is 0.938. The minimum atomic E-state index is 0. The molecular formula is C14H23ClN2O2. The number of nitrogens with two attached hydrogens (primary N) is 1. The highest BCUT2D eigenvalue weighted by Crippen LogP contribution is 2.13. The summed E-state index contributed by atoms with van der Waals surface area (Å²) < 4.78 is 5.57. The summed E-state index contributed by atoms with van der Waals surface area (Å²) in [5, 5.41) is 2.61. The van der Waals surface area contributed by atoms with E-state index >= 15 is 0 Å². The zero-order chi connectivity index (χ0) is 13.2. The van der Waals surface area contributed by atoms with Crippen molar-refractivity contribution < 1.29 is 9.53 Å². The SMILES string of the molecule is CNC(=O)CCc1ccc(OCCCCN)cc1.Cl. The molecule has 5 heteroatoms. The maximum Gasteiger partial charge on any atom is 0.220 e. The highest BCUT2D eigenvalue weighted by atomic mass is 35.5. The molecule has 0 radical (unpaired) electrons. The van der Waals surface area contributed by atoms with Crippen LogP contribution in [0.15, 0.2) is 24.3 Å². The normalized spacial score (nSPS) is 9.58. The molecule has 0 aliphatic heterocycles. The van der Waals surface area contributed by atoms with Crippen LogP contribution in [0.3, 0.4) is 0 Å². The number of carbonyl (C=O) groups excluding carboxylic acids is 1. The van der Waals surface area contributed by atoms with E-state index in [1.165, 1.54) is 0 Å². The van der Waals surface area contributed by atoms with Crippen molar-refractivity contribution >= 4 is 18.3 Å². The Morgan fingerprint density at radius 1 is 1.26 bits per heavy atom. The van der Waals surface area contributed by atoms with Gasteiger partial charge in [-0.2, -0.15) is 0 Å². The van der Waals surface area contributed by atoms with Gasteiger partial charge in [0, 0.05) is 13.5 Å². The first-order chi connectivity index (χ1) is 8.76. The van der Waals surface area contributed by atoms with Gasteiger partial charge in [0.15, 0.2) is 0 Å². The Morgan fingerprint density at radius 2 is 1.95 bits per heavy atom. The fraction of sp³-hybridized carbons (Fsp3) is 0.500. The fourth-order valence-electron chi connectivity index (χ4n) is 1.57. The van der Waals surface area contributed by atoms with Crippen LogP contribution in [0.2, 0.25) is 0 Å². The van der Waals surface area contributed by atoms with Crippen LogP contribution >= 0.6 is 12.4 Å². The van der Waals surface area contributed by atoms with E-state index in [1.807, 2.05) is 24.3 Å². The van der Waals surface area contributed by atoms with Crippen LogP contribution in [-0.2, 0) is 11.2 Å². The molecular weight excluding hydrogens is 264 g/mol. The Labute approximate surface area is 121 Å². The number of carbonyl (C=O) groups is 1. The van der Waals surface area contributed by atoms with Crippen molar-refractivity contribution in [3.8, 4) is 5.75 Å². The lowest BCUT2D eigenvalue weighted by atomic mass is 10.1. The number of rotatable bonds is 8. The summed E-state index contributed by atoms with van der Waals surface area (Å²) in [6.45, 7) is 1.41. The number of nitrogens with one attached hydrogen (secondary N) is 1. The van der Waals surface area contributed by atoms with Crippen molar-refractivity contribution in [1.29, 1.82) is 0 Å². The number of hydrogen-bond donors (Lipinski definition) is 2. The van der Waals surface area contributed by atoms with Crippen molar-refractivity contribution in [1.82, 2.24) is 5.32 Å². The summed E-state index contributed by atoms with van der Waals surface area (Å²) >= 11 is 0. The lowest BCUT2D eigenvalue weighted by molar-refractivity contribution is -0.120. The standard InChI is InChI=1S/C14H22N2O2.ClH/c1-16-14(17)9-6-12-4-7-13(8-5-12)18-11-3-2-10-15;/h4-5,7-8H,2-3,6,9-11,15H2,1H3,(H,16,17);1H. The third kappa shape index (κ3) is 7.70. The van der Waals surface area contributed by atoms with Gasteiger partial charge in [-0.15, -0.1) is 12.4 Å². The molecule has 0 heterocycles. The van der Waals surface area contributed by atoms with Gasteiger partial charge in [0.1, 0.15) is 5.75 Å². The van der Waals surface area contributed by atoms with E-state index in [2.05, 4.69) is 5.32 Å². The molecule has 0 fully saturated rings. The van der Waals surface area contributed by atoms with Gasteiger partial charge in [0.05, 0.1) is 6.61 Å². The number of benzene rings is 1. The fourth-order valence-corrected chi connectivity index (χ4v) is 1.57. The molecule has 0 aromatic heterocycles. The average molecular weight is 287 g/mol. The van der Waals surface area contributed by atoms with Gasteiger partial charge >= 0.3 is 0 Å². The van der Waals surface area contributed by atoms with Crippen molar-refractivity contribution in [3.63, 3.8) is 0 Å². The van der Waals surface area contributed by atoms with Crippen molar-refractivity contribution in [2.75, 3.05) is 20.2 Å². The molecule has 108 valence electrons. The largest absolute Gasteiger partial charge is 0.494 e. The molecule has 0 unspecified atom stereocenters. The highest BCUT2D eigenvalue weighted by Gasteiger charge is 2.00. The topological polar surface area (TPSA) is 64.3 Å². The summed E-state index contributed by atoms with van der Waals surface area (Å²) in [6.07, 6.45) is 3.25. The smallest absolute Gasteiger partial charge is 0.220 e.